The van der Waals surface area contributed by atoms with Crippen molar-refractivity contribution < 1.29 is 4.79 Å². The van der Waals surface area contributed by atoms with Crippen LogP contribution in [0, 0.1) is 12.8 Å². The van der Waals surface area contributed by atoms with Crippen LogP contribution in [-0.4, -0.2) is 36.6 Å². The van der Waals surface area contributed by atoms with Gasteiger partial charge in [0, 0.05) is 25.3 Å². The third kappa shape index (κ3) is 2.18. The van der Waals surface area contributed by atoms with Gasteiger partial charge < -0.3 is 16.0 Å². The number of hydrogen-bond acceptors (Lipinski definition) is 4. The first-order chi connectivity index (χ1) is 9.16. The van der Waals surface area contributed by atoms with E-state index >= 15 is 0 Å². The Kier molecular flexibility index (Phi) is 3.14. The zero-order valence-corrected chi connectivity index (χ0v) is 11.2. The van der Waals surface area contributed by atoms with Crippen LogP contribution in [0.2, 0.25) is 0 Å². The van der Waals surface area contributed by atoms with E-state index in [9.17, 15) is 4.79 Å². The van der Waals surface area contributed by atoms with Gasteiger partial charge in [0.15, 0.2) is 0 Å². The predicted octanol–water partition coefficient (Wildman–Crippen LogP) is 0.677. The van der Waals surface area contributed by atoms with Gasteiger partial charge in [-0.3, -0.25) is 4.79 Å². The van der Waals surface area contributed by atoms with Gasteiger partial charge in [-0.25, -0.2) is 4.98 Å². The zero-order valence-electron chi connectivity index (χ0n) is 11.2. The van der Waals surface area contributed by atoms with Crippen molar-refractivity contribution in [2.75, 3.05) is 24.5 Å². The Labute approximate surface area is 113 Å². The molecule has 3 heterocycles. The molecule has 3 rings (SSSR count). The molecule has 2 atom stereocenters. The van der Waals surface area contributed by atoms with Gasteiger partial charge in [0.25, 0.3) is 5.91 Å². The highest BCUT2D eigenvalue weighted by Crippen LogP contribution is 2.30. The van der Waals surface area contributed by atoms with Crippen molar-refractivity contribution in [2.24, 2.45) is 11.7 Å². The van der Waals surface area contributed by atoms with Crippen LogP contribution in [0.15, 0.2) is 12.3 Å². The van der Waals surface area contributed by atoms with Crippen LogP contribution < -0.4 is 16.0 Å². The first kappa shape index (κ1) is 12.4. The maximum Gasteiger partial charge on any atom is 0.252 e. The lowest BCUT2D eigenvalue weighted by Crippen LogP contribution is -2.40. The number of fused-ring (bicyclic) bond motifs is 1. The summed E-state index contributed by atoms with van der Waals surface area (Å²) in [4.78, 5) is 18.3. The first-order valence-electron chi connectivity index (χ1n) is 6.90. The average Bonchev–Trinajstić information content (AvgIpc) is 2.81. The molecule has 2 fully saturated rings. The Hall–Kier alpha value is -1.62. The number of piperidine rings is 1. The lowest BCUT2D eigenvalue weighted by Gasteiger charge is -2.24. The van der Waals surface area contributed by atoms with Gasteiger partial charge in [0.1, 0.15) is 5.82 Å². The summed E-state index contributed by atoms with van der Waals surface area (Å²) in [5.41, 5.74) is 6.98. The zero-order chi connectivity index (χ0) is 13.4. The van der Waals surface area contributed by atoms with E-state index in [4.69, 9.17) is 5.73 Å². The molecule has 5 heteroatoms. The molecule has 0 saturated carbocycles. The van der Waals surface area contributed by atoms with Crippen LogP contribution in [0.25, 0.3) is 0 Å². The normalized spacial score (nSPS) is 26.3. The molecule has 3 N–H and O–H groups in total. The SMILES string of the molecule is Cc1ccnc(N2CC3CCCNC3C2)c1C(N)=O. The summed E-state index contributed by atoms with van der Waals surface area (Å²) in [6.07, 6.45) is 4.25. The van der Waals surface area contributed by atoms with Gasteiger partial charge >= 0.3 is 0 Å². The number of aryl methyl sites for hydroxylation is 1. The minimum atomic E-state index is -0.386. The highest BCUT2D eigenvalue weighted by Gasteiger charge is 2.36. The number of hydrogen-bond donors (Lipinski definition) is 2. The Morgan fingerprint density at radius 3 is 3.11 bits per heavy atom. The van der Waals surface area contributed by atoms with Crippen molar-refractivity contribution in [3.8, 4) is 0 Å². The average molecular weight is 260 g/mol. The van der Waals surface area contributed by atoms with E-state index in [0.717, 1.165) is 31.0 Å². The molecule has 2 unspecified atom stereocenters. The van der Waals surface area contributed by atoms with Crippen molar-refractivity contribution in [3.63, 3.8) is 0 Å². The van der Waals surface area contributed by atoms with E-state index in [-0.39, 0.29) is 5.91 Å². The second-order valence-corrected chi connectivity index (χ2v) is 5.56. The molecule has 19 heavy (non-hydrogen) atoms. The van der Waals surface area contributed by atoms with Gasteiger partial charge in [-0.05, 0) is 43.9 Å². The number of carbonyl (C=O) groups is 1. The predicted molar refractivity (Wildman–Crippen MR) is 74.2 cm³/mol. The molecule has 2 saturated heterocycles. The molecule has 0 spiro atoms. The monoisotopic (exact) mass is 260 g/mol. The van der Waals surface area contributed by atoms with Crippen LogP contribution in [0.1, 0.15) is 28.8 Å². The number of aromatic nitrogens is 1. The summed E-state index contributed by atoms with van der Waals surface area (Å²) >= 11 is 0. The van der Waals surface area contributed by atoms with E-state index in [2.05, 4.69) is 15.2 Å². The largest absolute Gasteiger partial charge is 0.365 e. The van der Waals surface area contributed by atoms with Crippen LogP contribution >= 0.6 is 0 Å². The minimum absolute atomic E-state index is 0.386. The molecule has 2 aliphatic heterocycles. The molecule has 1 aromatic rings. The third-order valence-electron chi connectivity index (χ3n) is 4.28. The molecule has 1 aromatic heterocycles. The maximum atomic E-state index is 11.7. The van der Waals surface area contributed by atoms with Crippen molar-refractivity contribution in [2.45, 2.75) is 25.8 Å². The van der Waals surface area contributed by atoms with Gasteiger partial charge in [0.05, 0.1) is 5.56 Å². The Bertz CT molecular complexity index is 488. The topological polar surface area (TPSA) is 71.2 Å². The standard InChI is InChI=1S/C14H20N4O/c1-9-4-6-17-14(12(9)13(15)19)18-7-10-3-2-5-16-11(10)8-18/h4,6,10-11,16H,2-3,5,7-8H2,1H3,(H2,15,19). The van der Waals surface area contributed by atoms with E-state index in [1.165, 1.54) is 12.8 Å². The fourth-order valence-electron chi connectivity index (χ4n) is 3.31. The highest BCUT2D eigenvalue weighted by atomic mass is 16.1. The summed E-state index contributed by atoms with van der Waals surface area (Å²) in [7, 11) is 0. The summed E-state index contributed by atoms with van der Waals surface area (Å²) in [6, 6.07) is 2.36. The summed E-state index contributed by atoms with van der Waals surface area (Å²) in [6.45, 7) is 4.89. The summed E-state index contributed by atoms with van der Waals surface area (Å²) in [5, 5.41) is 3.56. The number of nitrogens with two attached hydrogens (primary N) is 1. The second kappa shape index (κ2) is 4.81. The van der Waals surface area contributed by atoms with Crippen LogP contribution in [0.3, 0.4) is 0 Å². The Balaban J connectivity index is 1.91. The number of nitrogens with one attached hydrogen (secondary N) is 1. The number of carbonyl (C=O) groups excluding carboxylic acids is 1. The number of nitrogens with zero attached hydrogens (tertiary/aromatic N) is 2. The smallest absolute Gasteiger partial charge is 0.252 e. The number of primary amides is 1. The lowest BCUT2D eigenvalue weighted by molar-refractivity contribution is 0.1000. The Morgan fingerprint density at radius 1 is 1.53 bits per heavy atom. The van der Waals surface area contributed by atoms with Crippen LogP contribution in [-0.2, 0) is 0 Å². The molecule has 0 aliphatic carbocycles. The van der Waals surface area contributed by atoms with Gasteiger partial charge in [-0.1, -0.05) is 0 Å². The van der Waals surface area contributed by atoms with Gasteiger partial charge in [0.2, 0.25) is 0 Å². The summed E-state index contributed by atoms with van der Waals surface area (Å²) in [5.74, 6) is 1.03. The number of pyridine rings is 1. The van der Waals surface area contributed by atoms with Gasteiger partial charge in [-0.15, -0.1) is 0 Å². The van der Waals surface area contributed by atoms with Crippen LogP contribution in [0.5, 0.6) is 0 Å². The molecule has 0 aromatic carbocycles. The molecular formula is C14H20N4O. The second-order valence-electron chi connectivity index (χ2n) is 5.56. The van der Waals surface area contributed by atoms with Crippen LogP contribution in [0.4, 0.5) is 5.82 Å². The van der Waals surface area contributed by atoms with Crippen molar-refractivity contribution in [1.29, 1.82) is 0 Å². The maximum absolute atomic E-state index is 11.7. The van der Waals surface area contributed by atoms with E-state index in [0.29, 0.717) is 17.5 Å². The van der Waals surface area contributed by atoms with E-state index < -0.39 is 0 Å². The van der Waals surface area contributed by atoms with E-state index in [1.54, 1.807) is 6.20 Å². The molecule has 5 nitrogen and oxygen atoms in total. The lowest BCUT2D eigenvalue weighted by atomic mass is 9.94. The van der Waals surface area contributed by atoms with E-state index in [1.807, 2.05) is 13.0 Å². The fraction of sp³-hybridized carbons (Fsp3) is 0.571. The first-order valence-corrected chi connectivity index (χ1v) is 6.90. The fourth-order valence-corrected chi connectivity index (χ4v) is 3.31. The van der Waals surface area contributed by atoms with Crippen molar-refractivity contribution in [1.82, 2.24) is 10.3 Å². The molecule has 0 radical (unpaired) electrons. The quantitative estimate of drug-likeness (QED) is 0.820. The highest BCUT2D eigenvalue weighted by molar-refractivity contribution is 5.99. The molecular weight excluding hydrogens is 240 g/mol. The molecule has 102 valence electrons. The van der Waals surface area contributed by atoms with Gasteiger partial charge in [-0.2, -0.15) is 0 Å². The number of amides is 1. The summed E-state index contributed by atoms with van der Waals surface area (Å²) < 4.78 is 0. The molecule has 1 amide bonds. The third-order valence-corrected chi connectivity index (χ3v) is 4.28. The van der Waals surface area contributed by atoms with Crippen molar-refractivity contribution in [3.05, 3.63) is 23.4 Å². The van der Waals surface area contributed by atoms with Crippen molar-refractivity contribution >= 4 is 11.7 Å². The number of rotatable bonds is 2. The number of anilines is 1. The molecule has 2 aliphatic rings. The molecule has 0 bridgehead atoms. The minimum Gasteiger partial charge on any atom is -0.365 e. The Morgan fingerprint density at radius 2 is 2.37 bits per heavy atom.